The lowest BCUT2D eigenvalue weighted by Crippen LogP contribution is -2.31. The Kier molecular flexibility index (Phi) is 5.96. The van der Waals surface area contributed by atoms with E-state index in [2.05, 4.69) is 9.97 Å². The second-order valence-electron chi connectivity index (χ2n) is 7.56. The monoisotopic (exact) mass is 475 g/mol. The van der Waals surface area contributed by atoms with Gasteiger partial charge in [0.25, 0.3) is 5.91 Å². The van der Waals surface area contributed by atoms with Gasteiger partial charge >= 0.3 is 0 Å². The summed E-state index contributed by atoms with van der Waals surface area (Å²) < 4.78 is 38.7. The number of anilines is 2. The number of nitrogens with zero attached hydrogens (tertiary/aromatic N) is 4. The second kappa shape index (κ2) is 8.88. The molecule has 0 aliphatic rings. The number of nitrogens with two attached hydrogens (primary N) is 1. The van der Waals surface area contributed by atoms with Crippen LogP contribution in [0.3, 0.4) is 0 Å². The number of nitriles is 1. The van der Waals surface area contributed by atoms with E-state index in [-0.39, 0.29) is 34.2 Å². The molecule has 170 valence electrons. The van der Waals surface area contributed by atoms with Crippen LogP contribution in [0.5, 0.6) is 0 Å². The molecule has 0 saturated carbocycles. The normalized spacial score (nSPS) is 11.2. The first-order chi connectivity index (χ1) is 16.2. The van der Waals surface area contributed by atoms with E-state index in [1.165, 1.54) is 41.4 Å². The Morgan fingerprint density at radius 3 is 2.59 bits per heavy atom. The molecule has 0 atom stereocenters. The molecule has 4 aromatic rings. The molecule has 2 aromatic carbocycles. The fourth-order valence-electron chi connectivity index (χ4n) is 3.49. The van der Waals surface area contributed by atoms with Crippen molar-refractivity contribution in [3.8, 4) is 6.07 Å². The number of carbonyl (C=O) groups excluding carboxylic acids is 1. The molecule has 0 saturated heterocycles. The van der Waals surface area contributed by atoms with E-state index in [9.17, 15) is 17.6 Å². The quantitative estimate of drug-likeness (QED) is 0.468. The summed E-state index contributed by atoms with van der Waals surface area (Å²) in [6.07, 6.45) is 2.33. The number of halogens is 1. The number of benzene rings is 2. The summed E-state index contributed by atoms with van der Waals surface area (Å²) in [6, 6.07) is 17.2. The topological polar surface area (TPSA) is 130 Å². The molecule has 4 rings (SSSR count). The number of hydrogen-bond acceptors (Lipinski definition) is 7. The average Bonchev–Trinajstić information content (AvgIpc) is 2.82. The van der Waals surface area contributed by atoms with Crippen LogP contribution in [0.15, 0.2) is 71.8 Å². The summed E-state index contributed by atoms with van der Waals surface area (Å²) in [7, 11) is -3.67. The molecule has 34 heavy (non-hydrogen) atoms. The van der Waals surface area contributed by atoms with Crippen LogP contribution in [0.4, 0.5) is 15.9 Å². The third kappa shape index (κ3) is 4.55. The Balaban J connectivity index is 1.83. The lowest BCUT2D eigenvalue weighted by atomic mass is 10.1. The standard InChI is InChI=1S/C24H18FN5O3S/c1-34(32,33)22-5-3-2-4-21(22)30(24(31)17-8-9-18(12-26)28-13-17)14-15-6-7-16-11-19(25)23(27)29-20(16)10-15/h2-11,13H,14H2,1H3,(H2,27,29). The molecule has 0 fully saturated rings. The fourth-order valence-corrected chi connectivity index (χ4v) is 4.37. The van der Waals surface area contributed by atoms with Gasteiger partial charge in [-0.15, -0.1) is 0 Å². The maximum absolute atomic E-state index is 13.8. The predicted octanol–water partition coefficient (Wildman–Crippen LogP) is 3.47. The molecule has 2 aromatic heterocycles. The number of rotatable bonds is 5. The Morgan fingerprint density at radius 2 is 1.91 bits per heavy atom. The zero-order chi connectivity index (χ0) is 24.5. The van der Waals surface area contributed by atoms with Crippen LogP contribution in [-0.2, 0) is 16.4 Å². The highest BCUT2D eigenvalue weighted by atomic mass is 32.2. The number of para-hydroxylation sites is 1. The van der Waals surface area contributed by atoms with E-state index in [0.29, 0.717) is 16.5 Å². The first-order valence-corrected chi connectivity index (χ1v) is 11.9. The average molecular weight is 476 g/mol. The van der Waals surface area contributed by atoms with Gasteiger partial charge in [-0.3, -0.25) is 4.79 Å². The van der Waals surface area contributed by atoms with E-state index in [0.717, 1.165) is 6.26 Å². The van der Waals surface area contributed by atoms with Crippen molar-refractivity contribution in [3.05, 3.63) is 89.5 Å². The SMILES string of the molecule is CS(=O)(=O)c1ccccc1N(Cc1ccc2cc(F)c(N)nc2c1)C(=O)c1ccc(C#N)nc1. The molecule has 0 aliphatic heterocycles. The highest BCUT2D eigenvalue weighted by molar-refractivity contribution is 7.90. The smallest absolute Gasteiger partial charge is 0.260 e. The van der Waals surface area contributed by atoms with E-state index < -0.39 is 21.6 Å². The Labute approximate surface area is 195 Å². The van der Waals surface area contributed by atoms with Gasteiger partial charge in [-0.25, -0.2) is 22.8 Å². The summed E-state index contributed by atoms with van der Waals surface area (Å²) in [5, 5.41) is 9.51. The summed E-state index contributed by atoms with van der Waals surface area (Å²) in [5.74, 6) is -1.39. The fraction of sp³-hybridized carbons (Fsp3) is 0.0833. The van der Waals surface area contributed by atoms with Crippen LogP contribution in [0, 0.1) is 17.1 Å². The van der Waals surface area contributed by atoms with E-state index in [1.54, 1.807) is 30.3 Å². The van der Waals surface area contributed by atoms with Crippen LogP contribution in [0.1, 0.15) is 21.6 Å². The Bertz CT molecular complexity index is 1560. The van der Waals surface area contributed by atoms with Crippen molar-refractivity contribution in [1.29, 1.82) is 5.26 Å². The van der Waals surface area contributed by atoms with Gasteiger partial charge in [-0.2, -0.15) is 5.26 Å². The van der Waals surface area contributed by atoms with Crippen molar-refractivity contribution >= 4 is 38.2 Å². The molecule has 8 nitrogen and oxygen atoms in total. The summed E-state index contributed by atoms with van der Waals surface area (Å²) in [6.45, 7) is -0.0136. The van der Waals surface area contributed by atoms with E-state index in [4.69, 9.17) is 11.0 Å². The van der Waals surface area contributed by atoms with Crippen LogP contribution in [-0.4, -0.2) is 30.5 Å². The molecule has 0 radical (unpaired) electrons. The Morgan fingerprint density at radius 1 is 1.15 bits per heavy atom. The van der Waals surface area contributed by atoms with Crippen LogP contribution < -0.4 is 10.6 Å². The molecule has 10 heteroatoms. The van der Waals surface area contributed by atoms with Gasteiger partial charge in [0.2, 0.25) is 0 Å². The molecule has 0 spiro atoms. The van der Waals surface area contributed by atoms with Gasteiger partial charge in [0, 0.05) is 17.8 Å². The lowest BCUT2D eigenvalue weighted by molar-refractivity contribution is 0.0984. The molecular formula is C24H18FN5O3S. The minimum atomic E-state index is -3.67. The zero-order valence-electron chi connectivity index (χ0n) is 17.9. The number of hydrogen-bond donors (Lipinski definition) is 1. The predicted molar refractivity (Wildman–Crippen MR) is 125 cm³/mol. The van der Waals surface area contributed by atoms with Gasteiger partial charge < -0.3 is 10.6 Å². The third-order valence-electron chi connectivity index (χ3n) is 5.13. The van der Waals surface area contributed by atoms with Crippen molar-refractivity contribution < 1.29 is 17.6 Å². The van der Waals surface area contributed by atoms with Gasteiger partial charge in [0.15, 0.2) is 21.5 Å². The number of carbonyl (C=O) groups is 1. The first-order valence-electron chi connectivity index (χ1n) is 9.99. The highest BCUT2D eigenvalue weighted by Gasteiger charge is 2.24. The largest absolute Gasteiger partial charge is 0.381 e. The van der Waals surface area contributed by atoms with Crippen LogP contribution in [0.25, 0.3) is 10.9 Å². The van der Waals surface area contributed by atoms with Gasteiger partial charge in [0.05, 0.1) is 28.2 Å². The first kappa shape index (κ1) is 22.8. The van der Waals surface area contributed by atoms with Crippen LogP contribution in [0.2, 0.25) is 0 Å². The molecule has 2 heterocycles. The number of nitrogen functional groups attached to an aromatic ring is 1. The number of amides is 1. The minimum absolute atomic E-state index is 0.0136. The van der Waals surface area contributed by atoms with Crippen molar-refractivity contribution in [1.82, 2.24) is 9.97 Å². The number of fused-ring (bicyclic) bond motifs is 1. The van der Waals surface area contributed by atoms with Gasteiger partial charge in [-0.1, -0.05) is 24.3 Å². The minimum Gasteiger partial charge on any atom is -0.381 e. The lowest BCUT2D eigenvalue weighted by Gasteiger charge is -2.25. The molecule has 1 amide bonds. The van der Waals surface area contributed by atoms with Gasteiger partial charge in [-0.05, 0) is 42.0 Å². The maximum Gasteiger partial charge on any atom is 0.260 e. The molecular weight excluding hydrogens is 457 g/mol. The summed E-state index contributed by atoms with van der Waals surface area (Å²) in [4.78, 5) is 22.8. The summed E-state index contributed by atoms with van der Waals surface area (Å²) >= 11 is 0. The van der Waals surface area contributed by atoms with E-state index >= 15 is 0 Å². The maximum atomic E-state index is 13.8. The zero-order valence-corrected chi connectivity index (χ0v) is 18.8. The molecule has 0 aliphatic carbocycles. The van der Waals surface area contributed by atoms with E-state index in [1.807, 2.05) is 6.07 Å². The van der Waals surface area contributed by atoms with Crippen molar-refractivity contribution in [2.24, 2.45) is 0 Å². The number of aromatic nitrogens is 2. The summed E-state index contributed by atoms with van der Waals surface area (Å²) in [5.41, 5.74) is 7.15. The van der Waals surface area contributed by atoms with Crippen molar-refractivity contribution in [3.63, 3.8) is 0 Å². The van der Waals surface area contributed by atoms with Crippen molar-refractivity contribution in [2.75, 3.05) is 16.9 Å². The molecule has 0 unspecified atom stereocenters. The number of pyridine rings is 2. The second-order valence-corrected chi connectivity index (χ2v) is 9.54. The third-order valence-corrected chi connectivity index (χ3v) is 6.27. The van der Waals surface area contributed by atoms with Gasteiger partial charge in [0.1, 0.15) is 11.8 Å². The van der Waals surface area contributed by atoms with Crippen molar-refractivity contribution in [2.45, 2.75) is 11.4 Å². The van der Waals surface area contributed by atoms with Crippen LogP contribution >= 0.6 is 0 Å². The Hall–Kier alpha value is -4.36. The molecule has 0 bridgehead atoms. The highest BCUT2D eigenvalue weighted by Crippen LogP contribution is 2.29. The number of sulfone groups is 1. The molecule has 2 N–H and O–H groups in total.